The molecule has 0 aromatic carbocycles. The molecule has 19 nitrogen and oxygen atoms in total. The number of nitrogens with two attached hydrogens (primary N) is 2. The fraction of sp³-hybridized carbons (Fsp3) is 0.619. The Balaban J connectivity index is 1.74. The van der Waals surface area contributed by atoms with Gasteiger partial charge >= 0.3 is 23.5 Å². The first-order valence-electron chi connectivity index (χ1n) is 12.7. The van der Waals surface area contributed by atoms with Crippen LogP contribution in [0.5, 0.6) is 0 Å². The van der Waals surface area contributed by atoms with Gasteiger partial charge in [-0.05, 0) is 13.8 Å². The normalized spacial score (nSPS) is 21.7. The zero-order chi connectivity index (χ0) is 33.5. The number of phosphoric acid groups is 3. The second kappa shape index (κ2) is 16.3. The lowest BCUT2D eigenvalue weighted by Gasteiger charge is -2.21. The fourth-order valence-corrected chi connectivity index (χ4v) is 8.85. The molecule has 3 heterocycles. The molecule has 0 bridgehead atoms. The lowest BCUT2D eigenvalue weighted by Crippen LogP contribution is -2.29. The fourth-order valence-electron chi connectivity index (χ4n) is 3.72. The predicted molar refractivity (Wildman–Crippen MR) is 163 cm³/mol. The van der Waals surface area contributed by atoms with Gasteiger partial charge in [0.25, 0.3) is 0 Å². The second-order valence-electron chi connectivity index (χ2n) is 9.70. The summed E-state index contributed by atoms with van der Waals surface area (Å²) < 4.78 is 70.8. The van der Waals surface area contributed by atoms with Gasteiger partial charge in [0.05, 0.1) is 23.7 Å². The number of nitrogen functional groups attached to an aromatic ring is 1. The first-order valence-corrected chi connectivity index (χ1v) is 19.5. The lowest BCUT2D eigenvalue weighted by molar-refractivity contribution is -0.106. The van der Waals surface area contributed by atoms with Crippen molar-refractivity contribution in [3.63, 3.8) is 0 Å². The molecule has 2 aromatic rings. The van der Waals surface area contributed by atoms with Crippen molar-refractivity contribution in [2.24, 2.45) is 5.73 Å². The van der Waals surface area contributed by atoms with E-state index in [0.29, 0.717) is 29.1 Å². The number of hydrogen-bond acceptors (Lipinski definition) is 16. The van der Waals surface area contributed by atoms with Crippen molar-refractivity contribution in [3.05, 3.63) is 18.1 Å². The smallest absolute Gasteiger partial charge is 0.383 e. The third-order valence-corrected chi connectivity index (χ3v) is 12.4. The third-order valence-electron chi connectivity index (χ3n) is 5.65. The van der Waals surface area contributed by atoms with E-state index in [0.717, 1.165) is 0 Å². The topological polar surface area (TPSA) is 279 Å². The molecule has 45 heavy (non-hydrogen) atoms. The molecule has 1 aliphatic rings. The van der Waals surface area contributed by atoms with Crippen molar-refractivity contribution < 1.29 is 65.4 Å². The number of nitrogens with zero attached hydrogens (tertiary/aromatic N) is 3. The highest BCUT2D eigenvalue weighted by molar-refractivity contribution is 8.77. The van der Waals surface area contributed by atoms with E-state index in [1.165, 1.54) is 24.2 Å². The van der Waals surface area contributed by atoms with E-state index >= 15 is 0 Å². The molecular formula is C21H34N5O14P3S2. The molecule has 0 radical (unpaired) electrons. The van der Waals surface area contributed by atoms with Gasteiger partial charge in [-0.25, -0.2) is 23.7 Å². The van der Waals surface area contributed by atoms with Crippen LogP contribution in [0.2, 0.25) is 0 Å². The van der Waals surface area contributed by atoms with Gasteiger partial charge in [-0.15, -0.1) is 0 Å². The Morgan fingerprint density at radius 3 is 2.58 bits per heavy atom. The molecule has 0 aliphatic carbocycles. The van der Waals surface area contributed by atoms with Gasteiger partial charge in [0, 0.05) is 31.0 Å². The van der Waals surface area contributed by atoms with Crippen molar-refractivity contribution in [1.29, 1.82) is 0 Å². The number of aromatic nitrogens is 3. The summed E-state index contributed by atoms with van der Waals surface area (Å²) >= 11 is 0. The van der Waals surface area contributed by atoms with Gasteiger partial charge < -0.3 is 54.6 Å². The van der Waals surface area contributed by atoms with Crippen LogP contribution in [-0.2, 0) is 45.8 Å². The van der Waals surface area contributed by atoms with Gasteiger partial charge in [0.2, 0.25) is 0 Å². The van der Waals surface area contributed by atoms with Crippen LogP contribution in [0.15, 0.2) is 12.5 Å². The Bertz CT molecular complexity index is 1520. The van der Waals surface area contributed by atoms with Crippen molar-refractivity contribution in [2.75, 3.05) is 45.3 Å². The van der Waals surface area contributed by atoms with Crippen LogP contribution in [-0.4, -0.2) is 90.7 Å². The van der Waals surface area contributed by atoms with Crippen molar-refractivity contribution in [3.8, 4) is 11.8 Å². The summed E-state index contributed by atoms with van der Waals surface area (Å²) in [5.41, 5.74) is 12.7. The highest BCUT2D eigenvalue weighted by Gasteiger charge is 2.43. The number of anilines is 1. The summed E-state index contributed by atoms with van der Waals surface area (Å²) in [5.74, 6) is 6.49. The summed E-state index contributed by atoms with van der Waals surface area (Å²) in [6, 6.07) is 0. The molecule has 1 aliphatic heterocycles. The van der Waals surface area contributed by atoms with E-state index in [2.05, 4.69) is 30.4 Å². The molecule has 8 N–H and O–H groups in total. The highest BCUT2D eigenvalue weighted by Crippen LogP contribution is 2.66. The highest BCUT2D eigenvalue weighted by atomic mass is 33.1. The van der Waals surface area contributed by atoms with E-state index in [4.69, 9.17) is 44.7 Å². The maximum atomic E-state index is 12.3. The summed E-state index contributed by atoms with van der Waals surface area (Å²) in [7, 11) is -12.1. The van der Waals surface area contributed by atoms with Gasteiger partial charge in [0.15, 0.2) is 0 Å². The van der Waals surface area contributed by atoms with Gasteiger partial charge in [-0.3, -0.25) is 4.52 Å². The average molecular weight is 738 g/mol. The van der Waals surface area contributed by atoms with Crippen LogP contribution in [0.1, 0.15) is 32.1 Å². The van der Waals surface area contributed by atoms with Crippen LogP contribution in [0.3, 0.4) is 0 Å². The summed E-state index contributed by atoms with van der Waals surface area (Å²) in [5, 5.41) is 0.453. The molecule has 1 fully saturated rings. The zero-order valence-corrected chi connectivity index (χ0v) is 28.5. The molecule has 1 saturated heterocycles. The maximum absolute atomic E-state index is 12.3. The number of fused-ring (bicyclic) bond motifs is 1. The minimum atomic E-state index is -5.70. The Morgan fingerprint density at radius 2 is 1.91 bits per heavy atom. The molecule has 5 atom stereocenters. The maximum Gasteiger partial charge on any atom is 0.490 e. The lowest BCUT2D eigenvalue weighted by atomic mass is 10.2. The number of phosphoric ester groups is 1. The van der Waals surface area contributed by atoms with Crippen LogP contribution < -0.4 is 11.5 Å². The van der Waals surface area contributed by atoms with Gasteiger partial charge in [0.1, 0.15) is 49.5 Å². The second-order valence-corrected chi connectivity index (χ2v) is 17.1. The van der Waals surface area contributed by atoms with E-state index < -0.39 is 48.5 Å². The van der Waals surface area contributed by atoms with E-state index in [-0.39, 0.29) is 30.4 Å². The SMILES string of the molecule is COCOC1C[C@H](n2cc(C#CCOCSSC(C)(C)CN)c3c(N)ncnc32)O[C@@H]1COP(=O)(O)OP(=O)(O)OP(=O)(O)O. The van der Waals surface area contributed by atoms with Gasteiger partial charge in [-0.2, -0.15) is 8.62 Å². The molecule has 2 aromatic heterocycles. The molecule has 0 spiro atoms. The molecule has 0 saturated carbocycles. The first kappa shape index (κ1) is 38.3. The summed E-state index contributed by atoms with van der Waals surface area (Å²) in [6.07, 6.45) is 0.359. The molecule has 3 rings (SSSR count). The van der Waals surface area contributed by atoms with Crippen molar-refractivity contribution in [2.45, 2.75) is 43.5 Å². The minimum absolute atomic E-state index is 0.0852. The standard InChI is InChI=1S/C21H34N5O14P3S2/c1-21(2,10-22)45-44-13-35-6-4-5-14-8-26(20-18(14)19(23)24-11-25-20)17-7-15(36-12-34-3)16(38-17)9-37-42(30,31)40-43(32,33)39-41(27,28)29/h8,11,15-17H,6-7,9-10,12-13,22H2,1-3H3,(H,30,31)(H,32,33)(H2,23,24,25)(H2,27,28,29)/t15?,16-,17-/m1/s1. The number of hydrogen-bond donors (Lipinski definition) is 6. The molecular weight excluding hydrogens is 703 g/mol. The van der Waals surface area contributed by atoms with E-state index in [1.54, 1.807) is 21.6 Å². The van der Waals surface area contributed by atoms with Crippen molar-refractivity contribution >= 4 is 61.9 Å². The first-order chi connectivity index (χ1) is 21.0. The van der Waals surface area contributed by atoms with Gasteiger partial charge in [-0.1, -0.05) is 33.4 Å². The Kier molecular flexibility index (Phi) is 13.9. The van der Waals surface area contributed by atoms with Crippen LogP contribution in [0, 0.1) is 11.8 Å². The monoisotopic (exact) mass is 737 g/mol. The van der Waals surface area contributed by atoms with Crippen LogP contribution in [0.4, 0.5) is 5.82 Å². The molecule has 24 heteroatoms. The minimum Gasteiger partial charge on any atom is -0.383 e. The number of ether oxygens (including phenoxy) is 4. The Morgan fingerprint density at radius 1 is 1.18 bits per heavy atom. The summed E-state index contributed by atoms with van der Waals surface area (Å²) in [4.78, 5) is 45.0. The van der Waals surface area contributed by atoms with E-state index in [1.807, 2.05) is 13.8 Å². The van der Waals surface area contributed by atoms with E-state index in [9.17, 15) is 23.5 Å². The predicted octanol–water partition coefficient (Wildman–Crippen LogP) is 2.08. The van der Waals surface area contributed by atoms with Crippen LogP contribution in [0.25, 0.3) is 11.0 Å². The molecule has 254 valence electrons. The quantitative estimate of drug-likeness (QED) is 0.0445. The average Bonchev–Trinajstić information content (AvgIpc) is 3.50. The Labute approximate surface area is 265 Å². The number of methoxy groups -OCH3 is 1. The zero-order valence-electron chi connectivity index (χ0n) is 24.2. The molecule has 0 amide bonds. The Hall–Kier alpha value is -1.11. The van der Waals surface area contributed by atoms with Crippen molar-refractivity contribution in [1.82, 2.24) is 14.5 Å². The summed E-state index contributed by atoms with van der Waals surface area (Å²) in [6.45, 7) is 3.80. The molecule has 3 unspecified atom stereocenters. The number of rotatable bonds is 17. The van der Waals surface area contributed by atoms with Crippen LogP contribution >= 0.6 is 45.1 Å². The largest absolute Gasteiger partial charge is 0.490 e. The third kappa shape index (κ3) is 12.1.